The van der Waals surface area contributed by atoms with Crippen molar-refractivity contribution >= 4 is 11.6 Å². The molecule has 5 heteroatoms. The maximum absolute atomic E-state index is 12.6. The van der Waals surface area contributed by atoms with Crippen molar-refractivity contribution in [3.05, 3.63) is 28.5 Å². The highest BCUT2D eigenvalue weighted by Gasteiger charge is 2.12. The van der Waals surface area contributed by atoms with Crippen molar-refractivity contribution in [1.29, 1.82) is 5.26 Å². The molecule has 0 aromatic carbocycles. The summed E-state index contributed by atoms with van der Waals surface area (Å²) in [7, 11) is 0. The van der Waals surface area contributed by atoms with Crippen LogP contribution in [0.4, 0.5) is 8.78 Å². The molecule has 0 unspecified atom stereocenters. The topological polar surface area (TPSA) is 36.7 Å². The summed E-state index contributed by atoms with van der Waals surface area (Å²) in [4.78, 5) is 3.15. The summed E-state index contributed by atoms with van der Waals surface area (Å²) in [6, 6.07) is 1.33. The van der Waals surface area contributed by atoms with E-state index in [-0.39, 0.29) is 0 Å². The van der Waals surface area contributed by atoms with Gasteiger partial charge >= 0.3 is 0 Å². The van der Waals surface area contributed by atoms with Crippen LogP contribution in [-0.2, 0) is 0 Å². The van der Waals surface area contributed by atoms with Crippen LogP contribution in [0.15, 0.2) is 6.20 Å². The number of hydrogen-bond donors (Lipinski definition) is 0. The normalized spacial score (nSPS) is 9.27. The summed E-state index contributed by atoms with van der Waals surface area (Å²) in [5.74, 6) is -2.12. The van der Waals surface area contributed by atoms with E-state index in [2.05, 4.69) is 4.98 Å². The van der Waals surface area contributed by atoms with E-state index in [0.29, 0.717) is 6.20 Å². The maximum Gasteiger partial charge on any atom is 0.181 e. The third-order valence-electron chi connectivity index (χ3n) is 1.04. The van der Waals surface area contributed by atoms with E-state index in [1.165, 1.54) is 6.07 Å². The van der Waals surface area contributed by atoms with Gasteiger partial charge in [0.05, 0.1) is 6.20 Å². The largest absolute Gasteiger partial charge is 0.238 e. The van der Waals surface area contributed by atoms with Gasteiger partial charge in [0.2, 0.25) is 0 Å². The average Bonchev–Trinajstić information content (AvgIpc) is 1.99. The Labute approximate surface area is 66.0 Å². The highest BCUT2D eigenvalue weighted by Crippen LogP contribution is 2.16. The highest BCUT2D eigenvalue weighted by atomic mass is 35.5. The van der Waals surface area contributed by atoms with Crippen molar-refractivity contribution in [2.75, 3.05) is 0 Å². The molecular formula is C6HClF2N2. The number of nitriles is 1. The summed E-state index contributed by atoms with van der Waals surface area (Å²) in [6.07, 6.45) is 0.698. The number of halogens is 3. The predicted octanol–water partition coefficient (Wildman–Crippen LogP) is 1.88. The Bertz CT molecular complexity index is 332. The van der Waals surface area contributed by atoms with Crippen molar-refractivity contribution in [1.82, 2.24) is 4.98 Å². The molecule has 1 aromatic heterocycles. The second kappa shape index (κ2) is 2.81. The molecule has 1 heterocycles. The SMILES string of the molecule is N#Cc1c(F)cnc(Cl)c1F. The Hall–Kier alpha value is -1.21. The summed E-state index contributed by atoms with van der Waals surface area (Å²) in [6.45, 7) is 0. The molecule has 0 bridgehead atoms. The van der Waals surface area contributed by atoms with Crippen LogP contribution < -0.4 is 0 Å². The molecule has 0 fully saturated rings. The first-order valence-corrected chi connectivity index (χ1v) is 2.94. The lowest BCUT2D eigenvalue weighted by molar-refractivity contribution is 0.567. The van der Waals surface area contributed by atoms with E-state index < -0.39 is 22.4 Å². The van der Waals surface area contributed by atoms with E-state index >= 15 is 0 Å². The molecule has 0 N–H and O–H groups in total. The molecule has 0 aliphatic carbocycles. The minimum Gasteiger partial charge on any atom is -0.238 e. The molecule has 0 aliphatic rings. The fourth-order valence-electron chi connectivity index (χ4n) is 0.545. The zero-order valence-corrected chi connectivity index (χ0v) is 5.86. The minimum atomic E-state index is -1.12. The Morgan fingerprint density at radius 1 is 1.55 bits per heavy atom. The number of pyridine rings is 1. The maximum atomic E-state index is 12.6. The number of rotatable bonds is 0. The molecular weight excluding hydrogens is 174 g/mol. The van der Waals surface area contributed by atoms with Crippen molar-refractivity contribution in [2.24, 2.45) is 0 Å². The van der Waals surface area contributed by atoms with Gasteiger partial charge < -0.3 is 0 Å². The van der Waals surface area contributed by atoms with E-state index in [0.717, 1.165) is 0 Å². The zero-order valence-electron chi connectivity index (χ0n) is 5.11. The van der Waals surface area contributed by atoms with Crippen LogP contribution in [0, 0.1) is 23.0 Å². The van der Waals surface area contributed by atoms with Crippen LogP contribution in [0.2, 0.25) is 5.15 Å². The molecule has 2 nitrogen and oxygen atoms in total. The summed E-state index contributed by atoms with van der Waals surface area (Å²) >= 11 is 5.16. The fraction of sp³-hybridized carbons (Fsp3) is 0. The Kier molecular flexibility index (Phi) is 2.01. The Balaban J connectivity index is 3.44. The van der Waals surface area contributed by atoms with Gasteiger partial charge in [-0.25, -0.2) is 13.8 Å². The van der Waals surface area contributed by atoms with Crippen LogP contribution in [-0.4, -0.2) is 4.98 Å². The van der Waals surface area contributed by atoms with Crippen LogP contribution in [0.3, 0.4) is 0 Å². The van der Waals surface area contributed by atoms with Crippen LogP contribution in [0.1, 0.15) is 5.56 Å². The second-order valence-corrected chi connectivity index (χ2v) is 2.06. The molecule has 0 spiro atoms. The molecule has 0 saturated heterocycles. The highest BCUT2D eigenvalue weighted by molar-refractivity contribution is 6.29. The van der Waals surface area contributed by atoms with Crippen molar-refractivity contribution in [2.45, 2.75) is 0 Å². The fourth-order valence-corrected chi connectivity index (χ4v) is 0.688. The Morgan fingerprint density at radius 3 is 2.64 bits per heavy atom. The molecule has 0 aliphatic heterocycles. The van der Waals surface area contributed by atoms with E-state index in [9.17, 15) is 8.78 Å². The minimum absolute atomic E-state index is 0.497. The van der Waals surface area contributed by atoms with Gasteiger partial charge in [-0.15, -0.1) is 0 Å². The summed E-state index contributed by atoms with van der Waals surface area (Å²) in [5.41, 5.74) is -0.704. The molecule has 0 amide bonds. The lowest BCUT2D eigenvalue weighted by Crippen LogP contribution is -1.93. The second-order valence-electron chi connectivity index (χ2n) is 1.70. The van der Waals surface area contributed by atoms with Gasteiger partial charge in [0.1, 0.15) is 11.6 Å². The quantitative estimate of drug-likeness (QED) is 0.563. The first-order valence-electron chi connectivity index (χ1n) is 2.56. The molecule has 11 heavy (non-hydrogen) atoms. The summed E-state index contributed by atoms with van der Waals surface area (Å²) in [5, 5.41) is 7.71. The third-order valence-corrected chi connectivity index (χ3v) is 1.31. The average molecular weight is 175 g/mol. The Morgan fingerprint density at radius 2 is 2.18 bits per heavy atom. The van der Waals surface area contributed by atoms with Gasteiger partial charge in [0, 0.05) is 0 Å². The number of nitrogens with zero attached hydrogens (tertiary/aromatic N) is 2. The van der Waals surface area contributed by atoms with Gasteiger partial charge in [-0.3, -0.25) is 0 Å². The van der Waals surface area contributed by atoms with Gasteiger partial charge in [-0.05, 0) is 0 Å². The van der Waals surface area contributed by atoms with Crippen LogP contribution in [0.25, 0.3) is 0 Å². The monoisotopic (exact) mass is 174 g/mol. The van der Waals surface area contributed by atoms with Crippen molar-refractivity contribution < 1.29 is 8.78 Å². The van der Waals surface area contributed by atoms with Gasteiger partial charge in [-0.2, -0.15) is 5.26 Å². The molecule has 1 rings (SSSR count). The molecule has 56 valence electrons. The lowest BCUT2D eigenvalue weighted by Gasteiger charge is -1.95. The van der Waals surface area contributed by atoms with E-state index in [4.69, 9.17) is 16.9 Å². The standard InChI is InChI=1S/C6HClF2N2/c7-6-5(9)3(1-10)4(8)2-11-6/h2H. The number of aromatic nitrogens is 1. The van der Waals surface area contributed by atoms with E-state index in [1.807, 2.05) is 0 Å². The predicted molar refractivity (Wildman–Crippen MR) is 33.9 cm³/mol. The van der Waals surface area contributed by atoms with Crippen molar-refractivity contribution in [3.8, 4) is 6.07 Å². The number of hydrogen-bond acceptors (Lipinski definition) is 2. The molecule has 0 radical (unpaired) electrons. The molecule has 1 aromatic rings. The van der Waals surface area contributed by atoms with Crippen molar-refractivity contribution in [3.63, 3.8) is 0 Å². The first kappa shape index (κ1) is 7.89. The van der Waals surface area contributed by atoms with Gasteiger partial charge in [0.25, 0.3) is 0 Å². The molecule has 0 atom stereocenters. The summed E-state index contributed by atoms with van der Waals surface area (Å²) < 4.78 is 25.1. The first-order chi connectivity index (χ1) is 5.16. The smallest absolute Gasteiger partial charge is 0.181 e. The zero-order chi connectivity index (χ0) is 8.43. The van der Waals surface area contributed by atoms with E-state index in [1.54, 1.807) is 0 Å². The van der Waals surface area contributed by atoms with Gasteiger partial charge in [-0.1, -0.05) is 11.6 Å². The van der Waals surface area contributed by atoms with Gasteiger partial charge in [0.15, 0.2) is 16.8 Å². The van der Waals surface area contributed by atoms with Crippen LogP contribution >= 0.6 is 11.6 Å². The lowest BCUT2D eigenvalue weighted by atomic mass is 10.3. The molecule has 0 saturated carbocycles. The third kappa shape index (κ3) is 1.28. The van der Waals surface area contributed by atoms with Crippen LogP contribution in [0.5, 0.6) is 0 Å².